The van der Waals surface area contributed by atoms with Crippen molar-refractivity contribution in [3.8, 4) is 0 Å². The van der Waals surface area contributed by atoms with E-state index in [2.05, 4.69) is 24.1 Å². The summed E-state index contributed by atoms with van der Waals surface area (Å²) in [5, 5.41) is 3.61. The quantitative estimate of drug-likeness (QED) is 0.877. The monoisotopic (exact) mass is 349 g/mol. The van der Waals surface area contributed by atoms with Crippen molar-refractivity contribution in [1.29, 1.82) is 0 Å². The van der Waals surface area contributed by atoms with Crippen LogP contribution in [0.1, 0.15) is 53.9 Å². The molecule has 3 rings (SSSR count). The van der Waals surface area contributed by atoms with Gasteiger partial charge in [0.15, 0.2) is 0 Å². The van der Waals surface area contributed by atoms with E-state index in [1.54, 1.807) is 0 Å². The zero-order valence-electron chi connectivity index (χ0n) is 14.6. The van der Waals surface area contributed by atoms with Crippen LogP contribution in [0.4, 0.5) is 5.00 Å². The summed E-state index contributed by atoms with van der Waals surface area (Å²) in [4.78, 5) is 27.8. The van der Waals surface area contributed by atoms with Gasteiger partial charge in [0.05, 0.1) is 12.1 Å². The fraction of sp³-hybridized carbons (Fsp3) is 0.667. The molecule has 1 aliphatic carbocycles. The van der Waals surface area contributed by atoms with E-state index in [1.165, 1.54) is 22.6 Å². The molecule has 24 heavy (non-hydrogen) atoms. The minimum absolute atomic E-state index is 0.0433. The number of likely N-dealkylation sites (tertiary alicyclic amines) is 1. The lowest BCUT2D eigenvalue weighted by Gasteiger charge is -2.30. The van der Waals surface area contributed by atoms with Gasteiger partial charge in [-0.1, -0.05) is 13.8 Å². The third-order valence-corrected chi connectivity index (χ3v) is 6.29. The second-order valence-electron chi connectivity index (χ2n) is 7.45. The lowest BCUT2D eigenvalue weighted by molar-refractivity contribution is -0.117. The minimum atomic E-state index is -0.427. The van der Waals surface area contributed by atoms with E-state index in [-0.39, 0.29) is 5.91 Å². The van der Waals surface area contributed by atoms with Gasteiger partial charge >= 0.3 is 0 Å². The fourth-order valence-corrected chi connectivity index (χ4v) is 5.33. The molecule has 5 nitrogen and oxygen atoms in total. The van der Waals surface area contributed by atoms with Crippen LogP contribution in [0.5, 0.6) is 0 Å². The Balaban J connectivity index is 1.72. The Morgan fingerprint density at radius 1 is 1.29 bits per heavy atom. The van der Waals surface area contributed by atoms with Crippen molar-refractivity contribution in [1.82, 2.24) is 4.90 Å². The Labute approximate surface area is 147 Å². The summed E-state index contributed by atoms with van der Waals surface area (Å²) in [7, 11) is 0. The van der Waals surface area contributed by atoms with E-state index < -0.39 is 5.91 Å². The molecule has 1 saturated heterocycles. The molecule has 3 N–H and O–H groups in total. The Kier molecular flexibility index (Phi) is 5.25. The third kappa shape index (κ3) is 3.81. The van der Waals surface area contributed by atoms with Crippen LogP contribution in [0.15, 0.2) is 0 Å². The Hall–Kier alpha value is -1.40. The smallest absolute Gasteiger partial charge is 0.251 e. The molecule has 0 bridgehead atoms. The molecule has 0 aromatic carbocycles. The van der Waals surface area contributed by atoms with Gasteiger partial charge < -0.3 is 11.1 Å². The summed E-state index contributed by atoms with van der Waals surface area (Å²) in [5.74, 6) is 0.792. The molecule has 2 heterocycles. The van der Waals surface area contributed by atoms with Crippen LogP contribution in [0.2, 0.25) is 0 Å². The first-order chi connectivity index (χ1) is 11.4. The molecule has 132 valence electrons. The second-order valence-corrected chi connectivity index (χ2v) is 8.56. The number of anilines is 1. The topological polar surface area (TPSA) is 75.4 Å². The maximum atomic E-state index is 12.4. The van der Waals surface area contributed by atoms with Gasteiger partial charge in [-0.3, -0.25) is 14.5 Å². The minimum Gasteiger partial charge on any atom is -0.365 e. The Morgan fingerprint density at radius 2 is 2.08 bits per heavy atom. The molecular formula is C18H27N3O2S. The van der Waals surface area contributed by atoms with Crippen molar-refractivity contribution in [2.24, 2.45) is 17.6 Å². The van der Waals surface area contributed by atoms with Gasteiger partial charge in [-0.05, 0) is 56.0 Å². The number of carbonyl (C=O) groups excluding carboxylic acids is 2. The first-order valence-corrected chi connectivity index (χ1v) is 9.72. The zero-order valence-corrected chi connectivity index (χ0v) is 15.4. The number of nitrogens with two attached hydrogens (primary N) is 1. The number of primary amides is 1. The predicted octanol–water partition coefficient (Wildman–Crippen LogP) is 2.64. The number of carbonyl (C=O) groups is 2. The van der Waals surface area contributed by atoms with Gasteiger partial charge in [0.2, 0.25) is 5.91 Å². The summed E-state index contributed by atoms with van der Waals surface area (Å²) in [6.45, 7) is 6.78. The van der Waals surface area contributed by atoms with E-state index in [0.717, 1.165) is 44.3 Å². The van der Waals surface area contributed by atoms with Gasteiger partial charge in [0, 0.05) is 11.4 Å². The maximum absolute atomic E-state index is 12.4. The van der Waals surface area contributed by atoms with Crippen molar-refractivity contribution >= 4 is 28.2 Å². The molecule has 1 aromatic heterocycles. The van der Waals surface area contributed by atoms with Crippen LogP contribution in [0, 0.1) is 11.8 Å². The summed E-state index contributed by atoms with van der Waals surface area (Å²) < 4.78 is 0. The van der Waals surface area contributed by atoms with Crippen LogP contribution < -0.4 is 11.1 Å². The number of nitrogens with zero attached hydrogens (tertiary/aromatic N) is 1. The molecule has 0 unspecified atom stereocenters. The van der Waals surface area contributed by atoms with E-state index in [0.29, 0.717) is 28.9 Å². The summed E-state index contributed by atoms with van der Waals surface area (Å²) in [6.07, 6.45) is 5.31. The third-order valence-electron chi connectivity index (χ3n) is 5.12. The number of thiophene rings is 1. The van der Waals surface area contributed by atoms with Crippen LogP contribution in [-0.2, 0) is 17.6 Å². The highest BCUT2D eigenvalue weighted by atomic mass is 32.1. The van der Waals surface area contributed by atoms with E-state index in [4.69, 9.17) is 5.73 Å². The molecule has 0 saturated carbocycles. The van der Waals surface area contributed by atoms with Crippen LogP contribution in [-0.4, -0.2) is 36.3 Å². The molecule has 0 spiro atoms. The molecule has 1 aliphatic heterocycles. The van der Waals surface area contributed by atoms with Crippen LogP contribution in [0.25, 0.3) is 0 Å². The van der Waals surface area contributed by atoms with E-state index in [9.17, 15) is 9.59 Å². The molecule has 1 aromatic rings. The number of nitrogens with one attached hydrogen (secondary N) is 1. The molecule has 6 heteroatoms. The van der Waals surface area contributed by atoms with Gasteiger partial charge in [0.1, 0.15) is 5.00 Å². The molecule has 0 radical (unpaired) electrons. The van der Waals surface area contributed by atoms with Crippen molar-refractivity contribution in [2.45, 2.75) is 46.0 Å². The molecule has 2 amide bonds. The predicted molar refractivity (Wildman–Crippen MR) is 97.5 cm³/mol. The first kappa shape index (κ1) is 17.4. The normalized spacial score (nSPS) is 24.4. The molecular weight excluding hydrogens is 322 g/mol. The van der Waals surface area contributed by atoms with E-state index in [1.807, 2.05) is 0 Å². The van der Waals surface area contributed by atoms with Crippen LogP contribution in [0.3, 0.4) is 0 Å². The van der Waals surface area contributed by atoms with Gasteiger partial charge in [0.25, 0.3) is 5.91 Å². The van der Waals surface area contributed by atoms with Crippen molar-refractivity contribution in [3.63, 3.8) is 0 Å². The van der Waals surface area contributed by atoms with Gasteiger partial charge in [-0.2, -0.15) is 0 Å². The molecule has 1 fully saturated rings. The zero-order chi connectivity index (χ0) is 17.3. The SMILES string of the molecule is C[C@@H]1CCc2c(sc(NC(=O)CN3CCC[C@@H](C)C3)c2C(N)=O)C1. The second kappa shape index (κ2) is 7.23. The van der Waals surface area contributed by atoms with Gasteiger partial charge in [-0.25, -0.2) is 0 Å². The number of piperidine rings is 1. The number of hydrogen-bond acceptors (Lipinski definition) is 4. The standard InChI is InChI=1S/C18H27N3O2S/c1-11-5-6-13-14(8-11)24-18(16(13)17(19)23)20-15(22)10-21-7-3-4-12(2)9-21/h11-12H,3-10H2,1-2H3,(H2,19,23)(H,20,22)/t11-,12-/m1/s1. The van der Waals surface area contributed by atoms with Crippen molar-refractivity contribution in [2.75, 3.05) is 25.0 Å². The van der Waals surface area contributed by atoms with Crippen LogP contribution >= 0.6 is 11.3 Å². The number of hydrogen-bond donors (Lipinski definition) is 2. The first-order valence-electron chi connectivity index (χ1n) is 8.90. The summed E-state index contributed by atoms with van der Waals surface area (Å²) >= 11 is 1.53. The number of fused-ring (bicyclic) bond motifs is 1. The van der Waals surface area contributed by atoms with Crippen molar-refractivity contribution < 1.29 is 9.59 Å². The maximum Gasteiger partial charge on any atom is 0.251 e. The van der Waals surface area contributed by atoms with Crippen molar-refractivity contribution in [3.05, 3.63) is 16.0 Å². The highest BCUT2D eigenvalue weighted by molar-refractivity contribution is 7.17. The largest absolute Gasteiger partial charge is 0.365 e. The summed E-state index contributed by atoms with van der Waals surface area (Å²) in [6, 6.07) is 0. The van der Waals surface area contributed by atoms with Gasteiger partial charge in [-0.15, -0.1) is 11.3 Å². The lowest BCUT2D eigenvalue weighted by atomic mass is 9.88. The number of amides is 2. The highest BCUT2D eigenvalue weighted by Gasteiger charge is 2.27. The summed E-state index contributed by atoms with van der Waals surface area (Å²) in [5.41, 5.74) is 7.21. The molecule has 2 aliphatic rings. The highest BCUT2D eigenvalue weighted by Crippen LogP contribution is 2.39. The Bertz CT molecular complexity index is 640. The Morgan fingerprint density at radius 3 is 2.79 bits per heavy atom. The lowest BCUT2D eigenvalue weighted by Crippen LogP contribution is -2.39. The number of rotatable bonds is 4. The molecule has 2 atom stereocenters. The van der Waals surface area contributed by atoms with E-state index >= 15 is 0 Å². The average molecular weight is 350 g/mol. The fourth-order valence-electron chi connectivity index (χ4n) is 3.90. The average Bonchev–Trinajstić information content (AvgIpc) is 2.83.